The monoisotopic (exact) mass is 501 g/mol. The fourth-order valence-corrected chi connectivity index (χ4v) is 3.98. The molecule has 7 heteroatoms. The Morgan fingerprint density at radius 3 is 1.78 bits per heavy atom. The fourth-order valence-electron chi connectivity index (χ4n) is 3.98. The van der Waals surface area contributed by atoms with E-state index in [1.54, 1.807) is 57.2 Å². The molecule has 0 saturated carbocycles. The molecule has 2 aromatic rings. The Morgan fingerprint density at radius 1 is 0.917 bits per heavy atom. The Labute approximate surface area is 212 Å². The molecule has 196 valence electrons. The zero-order valence-corrected chi connectivity index (χ0v) is 21.9. The predicted molar refractivity (Wildman–Crippen MR) is 136 cm³/mol. The lowest BCUT2D eigenvalue weighted by molar-refractivity contribution is -0.149. The molecule has 0 heterocycles. The third-order valence-corrected chi connectivity index (χ3v) is 5.53. The molecular weight excluding hydrogens is 464 g/mol. The number of rotatable bonds is 10. The summed E-state index contributed by atoms with van der Waals surface area (Å²) in [5.74, 6) is -1.01. The van der Waals surface area contributed by atoms with Crippen LogP contribution in [0.4, 0.5) is 13.6 Å². The number of alkyl carbamates (subject to hydrolysis) is 1. The van der Waals surface area contributed by atoms with E-state index in [-0.39, 0.29) is 30.4 Å². The number of amides is 1. The van der Waals surface area contributed by atoms with Gasteiger partial charge in [-0.3, -0.25) is 4.79 Å². The molecular formula is C29H37F2NO4. The van der Waals surface area contributed by atoms with Crippen LogP contribution < -0.4 is 5.32 Å². The molecule has 0 spiro atoms. The molecule has 1 amide bonds. The first-order valence-electron chi connectivity index (χ1n) is 12.1. The molecule has 2 aromatic carbocycles. The smallest absolute Gasteiger partial charge is 0.408 e. The van der Waals surface area contributed by atoms with Gasteiger partial charge in [-0.2, -0.15) is 0 Å². The van der Waals surface area contributed by atoms with Gasteiger partial charge in [0.25, 0.3) is 0 Å². The minimum absolute atomic E-state index is 0.217. The van der Waals surface area contributed by atoms with Crippen molar-refractivity contribution in [3.05, 3.63) is 83.4 Å². The lowest BCUT2D eigenvalue weighted by atomic mass is 9.75. The van der Waals surface area contributed by atoms with E-state index in [4.69, 9.17) is 9.47 Å². The first-order chi connectivity index (χ1) is 16.8. The van der Waals surface area contributed by atoms with Gasteiger partial charge in [-0.25, -0.2) is 13.6 Å². The highest BCUT2D eigenvalue weighted by Gasteiger charge is 2.38. The second-order valence-electron chi connectivity index (χ2n) is 10.5. The zero-order chi connectivity index (χ0) is 26.9. The standard InChI is InChI=1S/C29H37F2NO4/c1-20(2)17-25(32-27(34)36-28(3,4)5)15-16-29(26(33)35-6,18-21-7-11-23(30)12-8-21)19-22-9-13-24(31)14-10-22/h7-16,20,25H,17-19H2,1-6H3,(H,32,34)/b16-15+/t25-/m1/s1. The first kappa shape index (κ1) is 29.0. The Hall–Kier alpha value is -3.22. The normalized spacial score (nSPS) is 13.0. The van der Waals surface area contributed by atoms with Crippen molar-refractivity contribution in [2.24, 2.45) is 11.3 Å². The van der Waals surface area contributed by atoms with Crippen LogP contribution in [0.3, 0.4) is 0 Å². The maximum Gasteiger partial charge on any atom is 0.408 e. The van der Waals surface area contributed by atoms with Crippen molar-refractivity contribution in [3.8, 4) is 0 Å². The predicted octanol–water partition coefficient (Wildman–Crippen LogP) is 6.41. The van der Waals surface area contributed by atoms with E-state index >= 15 is 0 Å². The highest BCUT2D eigenvalue weighted by atomic mass is 19.1. The Kier molecular flexibility index (Phi) is 10.2. The molecule has 0 radical (unpaired) electrons. The van der Waals surface area contributed by atoms with Crippen LogP contribution in [0.15, 0.2) is 60.7 Å². The summed E-state index contributed by atoms with van der Waals surface area (Å²) in [5, 5.41) is 2.88. The van der Waals surface area contributed by atoms with E-state index in [1.807, 2.05) is 13.8 Å². The molecule has 0 aliphatic heterocycles. The molecule has 36 heavy (non-hydrogen) atoms. The highest BCUT2D eigenvalue weighted by molar-refractivity contribution is 5.80. The number of carbonyl (C=O) groups excluding carboxylic acids is 2. The van der Waals surface area contributed by atoms with Crippen molar-refractivity contribution in [2.75, 3.05) is 7.11 Å². The van der Waals surface area contributed by atoms with Crippen LogP contribution in [0.2, 0.25) is 0 Å². The van der Waals surface area contributed by atoms with Gasteiger partial charge in [-0.1, -0.05) is 50.3 Å². The number of esters is 1. The molecule has 1 atom stereocenters. The molecule has 0 aromatic heterocycles. The van der Waals surface area contributed by atoms with Crippen molar-refractivity contribution in [1.29, 1.82) is 0 Å². The van der Waals surface area contributed by atoms with Gasteiger partial charge in [0.1, 0.15) is 17.2 Å². The number of halogens is 2. The van der Waals surface area contributed by atoms with Crippen molar-refractivity contribution < 1.29 is 27.8 Å². The number of methoxy groups -OCH3 is 1. The fraction of sp³-hybridized carbons (Fsp3) is 0.448. The second kappa shape index (κ2) is 12.7. The van der Waals surface area contributed by atoms with Gasteiger partial charge in [0.2, 0.25) is 0 Å². The average Bonchev–Trinajstić information content (AvgIpc) is 2.78. The molecule has 0 saturated heterocycles. The van der Waals surface area contributed by atoms with Crippen molar-refractivity contribution in [2.45, 2.75) is 65.5 Å². The minimum atomic E-state index is -1.19. The molecule has 1 N–H and O–H groups in total. The van der Waals surface area contributed by atoms with Gasteiger partial charge in [-0.15, -0.1) is 0 Å². The molecule has 0 bridgehead atoms. The van der Waals surface area contributed by atoms with Crippen LogP contribution in [0, 0.1) is 23.0 Å². The van der Waals surface area contributed by atoms with Gasteiger partial charge >= 0.3 is 12.1 Å². The third kappa shape index (κ3) is 9.44. The lowest BCUT2D eigenvalue weighted by Crippen LogP contribution is -2.40. The zero-order valence-electron chi connectivity index (χ0n) is 21.9. The molecule has 5 nitrogen and oxygen atoms in total. The largest absolute Gasteiger partial charge is 0.468 e. The number of nitrogens with one attached hydrogen (secondary N) is 1. The minimum Gasteiger partial charge on any atom is -0.468 e. The van der Waals surface area contributed by atoms with Crippen LogP contribution in [0.5, 0.6) is 0 Å². The summed E-state index contributed by atoms with van der Waals surface area (Å²) in [6.07, 6.45) is 4.02. The Morgan fingerprint density at radius 2 is 1.39 bits per heavy atom. The summed E-state index contributed by atoms with van der Waals surface area (Å²) in [6, 6.07) is 11.4. The van der Waals surface area contributed by atoms with Crippen LogP contribution >= 0.6 is 0 Å². The number of ether oxygens (including phenoxy) is 2. The van der Waals surface area contributed by atoms with Gasteiger partial charge in [0.15, 0.2) is 0 Å². The molecule has 0 aliphatic carbocycles. The van der Waals surface area contributed by atoms with Gasteiger partial charge in [0.05, 0.1) is 18.6 Å². The summed E-state index contributed by atoms with van der Waals surface area (Å²) in [6.45, 7) is 9.42. The number of carbonyl (C=O) groups is 2. The Bertz CT molecular complexity index is 977. The maximum absolute atomic E-state index is 13.6. The Balaban J connectivity index is 2.49. The van der Waals surface area contributed by atoms with Crippen LogP contribution in [0.25, 0.3) is 0 Å². The summed E-state index contributed by atoms with van der Waals surface area (Å²) < 4.78 is 37.7. The van der Waals surface area contributed by atoms with Gasteiger partial charge < -0.3 is 14.8 Å². The quantitative estimate of drug-likeness (QED) is 0.302. The molecule has 0 fully saturated rings. The van der Waals surface area contributed by atoms with E-state index < -0.39 is 29.1 Å². The van der Waals surface area contributed by atoms with Crippen LogP contribution in [0.1, 0.15) is 52.2 Å². The van der Waals surface area contributed by atoms with Crippen molar-refractivity contribution in [3.63, 3.8) is 0 Å². The van der Waals surface area contributed by atoms with Crippen LogP contribution in [-0.2, 0) is 27.1 Å². The molecule has 0 unspecified atom stereocenters. The van der Waals surface area contributed by atoms with Crippen molar-refractivity contribution >= 4 is 12.1 Å². The van der Waals surface area contributed by atoms with E-state index in [9.17, 15) is 18.4 Å². The topological polar surface area (TPSA) is 64.6 Å². The summed E-state index contributed by atoms with van der Waals surface area (Å²) >= 11 is 0. The van der Waals surface area contributed by atoms with Gasteiger partial charge in [0, 0.05) is 0 Å². The van der Waals surface area contributed by atoms with E-state index in [0.717, 1.165) is 11.1 Å². The first-order valence-corrected chi connectivity index (χ1v) is 12.1. The van der Waals surface area contributed by atoms with Crippen LogP contribution in [-0.4, -0.2) is 30.8 Å². The van der Waals surface area contributed by atoms with Crippen molar-refractivity contribution in [1.82, 2.24) is 5.32 Å². The van der Waals surface area contributed by atoms with E-state index in [1.165, 1.54) is 31.4 Å². The van der Waals surface area contributed by atoms with E-state index in [2.05, 4.69) is 5.32 Å². The average molecular weight is 502 g/mol. The summed E-state index contributed by atoms with van der Waals surface area (Å²) in [7, 11) is 1.31. The third-order valence-electron chi connectivity index (χ3n) is 5.53. The van der Waals surface area contributed by atoms with E-state index in [0.29, 0.717) is 6.42 Å². The number of hydrogen-bond donors (Lipinski definition) is 1. The number of benzene rings is 2. The SMILES string of the molecule is COC(=O)C(/C=C/[C@H](CC(C)C)NC(=O)OC(C)(C)C)(Cc1ccc(F)cc1)Cc1ccc(F)cc1. The molecule has 2 rings (SSSR count). The summed E-state index contributed by atoms with van der Waals surface area (Å²) in [5.41, 5.74) is -0.380. The maximum atomic E-state index is 13.6. The molecule has 0 aliphatic rings. The summed E-state index contributed by atoms with van der Waals surface area (Å²) in [4.78, 5) is 25.8. The lowest BCUT2D eigenvalue weighted by Gasteiger charge is -2.30. The number of hydrogen-bond acceptors (Lipinski definition) is 4. The highest BCUT2D eigenvalue weighted by Crippen LogP contribution is 2.32. The van der Waals surface area contributed by atoms with Gasteiger partial charge in [-0.05, 0) is 81.3 Å². The second-order valence-corrected chi connectivity index (χ2v) is 10.5.